The van der Waals surface area contributed by atoms with Gasteiger partial charge in [0.1, 0.15) is 0 Å². The summed E-state index contributed by atoms with van der Waals surface area (Å²) in [5.74, 6) is -0.868. The van der Waals surface area contributed by atoms with E-state index < -0.39 is 5.97 Å². The summed E-state index contributed by atoms with van der Waals surface area (Å²) >= 11 is 0. The summed E-state index contributed by atoms with van der Waals surface area (Å²) in [7, 11) is 0. The third-order valence-corrected chi connectivity index (χ3v) is 3.93. The summed E-state index contributed by atoms with van der Waals surface area (Å²) in [4.78, 5) is 22.6. The Labute approximate surface area is 142 Å². The number of amides is 1. The average molecular weight is 325 g/mol. The van der Waals surface area contributed by atoms with Crippen molar-refractivity contribution in [3.63, 3.8) is 0 Å². The molecule has 2 aromatic rings. The second kappa shape index (κ2) is 8.87. The zero-order chi connectivity index (χ0) is 17.4. The third kappa shape index (κ3) is 5.88. The molecule has 0 heterocycles. The van der Waals surface area contributed by atoms with Crippen molar-refractivity contribution < 1.29 is 14.7 Å². The lowest BCUT2D eigenvalue weighted by molar-refractivity contribution is -0.121. The molecule has 0 bridgehead atoms. The van der Waals surface area contributed by atoms with Crippen LogP contribution in [-0.4, -0.2) is 23.5 Å². The van der Waals surface area contributed by atoms with Crippen molar-refractivity contribution in [2.45, 2.75) is 32.6 Å². The SMILES string of the molecule is Cc1ccc(CCCC(=O)NCCc2ccc(C(=O)O)cc2)cc1. The highest BCUT2D eigenvalue weighted by atomic mass is 16.4. The second-order valence-electron chi connectivity index (χ2n) is 5.94. The first-order valence-corrected chi connectivity index (χ1v) is 8.19. The Morgan fingerprint density at radius 1 is 0.917 bits per heavy atom. The minimum absolute atomic E-state index is 0.0595. The molecule has 24 heavy (non-hydrogen) atoms. The van der Waals surface area contributed by atoms with Crippen LogP contribution in [0.15, 0.2) is 48.5 Å². The third-order valence-electron chi connectivity index (χ3n) is 3.93. The molecule has 0 radical (unpaired) electrons. The number of carbonyl (C=O) groups is 2. The highest BCUT2D eigenvalue weighted by Crippen LogP contribution is 2.07. The van der Waals surface area contributed by atoms with Gasteiger partial charge in [-0.05, 0) is 49.4 Å². The Balaban J connectivity index is 1.64. The smallest absolute Gasteiger partial charge is 0.335 e. The predicted molar refractivity (Wildman–Crippen MR) is 94.2 cm³/mol. The predicted octanol–water partition coefficient (Wildman–Crippen LogP) is 3.37. The number of carbonyl (C=O) groups excluding carboxylic acids is 1. The molecule has 2 N–H and O–H groups in total. The monoisotopic (exact) mass is 325 g/mol. The van der Waals surface area contributed by atoms with Gasteiger partial charge in [0.05, 0.1) is 5.56 Å². The fourth-order valence-electron chi connectivity index (χ4n) is 2.46. The van der Waals surface area contributed by atoms with E-state index in [1.807, 2.05) is 0 Å². The average Bonchev–Trinajstić information content (AvgIpc) is 2.57. The first-order valence-electron chi connectivity index (χ1n) is 8.19. The van der Waals surface area contributed by atoms with Crippen LogP contribution in [0.3, 0.4) is 0 Å². The molecule has 0 aliphatic heterocycles. The van der Waals surface area contributed by atoms with E-state index in [9.17, 15) is 9.59 Å². The van der Waals surface area contributed by atoms with Crippen LogP contribution in [0, 0.1) is 6.92 Å². The number of carboxylic acid groups (broad SMARTS) is 1. The number of aryl methyl sites for hydroxylation is 2. The van der Waals surface area contributed by atoms with E-state index in [-0.39, 0.29) is 11.5 Å². The first-order chi connectivity index (χ1) is 11.5. The number of hydrogen-bond acceptors (Lipinski definition) is 2. The number of aromatic carboxylic acids is 1. The summed E-state index contributed by atoms with van der Waals surface area (Å²) in [5, 5.41) is 11.8. The molecule has 0 aliphatic rings. The molecule has 0 atom stereocenters. The number of carboxylic acids is 1. The highest BCUT2D eigenvalue weighted by molar-refractivity contribution is 5.87. The van der Waals surface area contributed by atoms with Crippen LogP contribution in [0.25, 0.3) is 0 Å². The fourth-order valence-corrected chi connectivity index (χ4v) is 2.46. The molecule has 0 saturated heterocycles. The Morgan fingerprint density at radius 2 is 1.50 bits per heavy atom. The maximum Gasteiger partial charge on any atom is 0.335 e. The summed E-state index contributed by atoms with van der Waals surface area (Å²) < 4.78 is 0. The molecule has 0 fully saturated rings. The molecular weight excluding hydrogens is 302 g/mol. The van der Waals surface area contributed by atoms with Crippen LogP contribution < -0.4 is 5.32 Å². The van der Waals surface area contributed by atoms with Crippen molar-refractivity contribution in [2.24, 2.45) is 0 Å². The molecule has 126 valence electrons. The van der Waals surface area contributed by atoms with Crippen molar-refractivity contribution in [1.29, 1.82) is 0 Å². The van der Waals surface area contributed by atoms with E-state index in [1.54, 1.807) is 24.3 Å². The van der Waals surface area contributed by atoms with E-state index in [1.165, 1.54) is 11.1 Å². The molecule has 4 nitrogen and oxygen atoms in total. The Bertz CT molecular complexity index is 675. The van der Waals surface area contributed by atoms with Crippen LogP contribution in [-0.2, 0) is 17.6 Å². The van der Waals surface area contributed by atoms with Crippen LogP contribution in [0.1, 0.15) is 39.9 Å². The lowest BCUT2D eigenvalue weighted by atomic mass is 10.1. The normalized spacial score (nSPS) is 10.4. The quantitative estimate of drug-likeness (QED) is 0.782. The van der Waals surface area contributed by atoms with Gasteiger partial charge in [-0.25, -0.2) is 4.79 Å². The van der Waals surface area contributed by atoms with E-state index in [0.29, 0.717) is 19.4 Å². The van der Waals surface area contributed by atoms with Gasteiger partial charge in [0.2, 0.25) is 5.91 Å². The summed E-state index contributed by atoms with van der Waals surface area (Å²) in [6.07, 6.45) is 2.96. The molecule has 0 aromatic heterocycles. The largest absolute Gasteiger partial charge is 0.478 e. The zero-order valence-corrected chi connectivity index (χ0v) is 13.9. The van der Waals surface area contributed by atoms with Crippen molar-refractivity contribution in [3.05, 3.63) is 70.8 Å². The highest BCUT2D eigenvalue weighted by Gasteiger charge is 2.04. The van der Waals surface area contributed by atoms with Crippen molar-refractivity contribution in [2.75, 3.05) is 6.54 Å². The van der Waals surface area contributed by atoms with Gasteiger partial charge >= 0.3 is 5.97 Å². The van der Waals surface area contributed by atoms with Crippen molar-refractivity contribution >= 4 is 11.9 Å². The topological polar surface area (TPSA) is 66.4 Å². The summed E-state index contributed by atoms with van der Waals surface area (Å²) in [6, 6.07) is 15.1. The summed E-state index contributed by atoms with van der Waals surface area (Å²) in [5.41, 5.74) is 3.79. The summed E-state index contributed by atoms with van der Waals surface area (Å²) in [6.45, 7) is 2.63. The molecule has 0 unspecified atom stereocenters. The first kappa shape index (κ1) is 17.7. The molecular formula is C20H23NO3. The van der Waals surface area contributed by atoms with Crippen LogP contribution in [0.5, 0.6) is 0 Å². The van der Waals surface area contributed by atoms with Gasteiger partial charge in [0, 0.05) is 13.0 Å². The van der Waals surface area contributed by atoms with E-state index in [4.69, 9.17) is 5.11 Å². The minimum atomic E-state index is -0.927. The Morgan fingerprint density at radius 3 is 2.12 bits per heavy atom. The van der Waals surface area contributed by atoms with Gasteiger partial charge < -0.3 is 10.4 Å². The van der Waals surface area contributed by atoms with Gasteiger partial charge in [-0.3, -0.25) is 4.79 Å². The van der Waals surface area contributed by atoms with E-state index in [0.717, 1.165) is 18.4 Å². The lowest BCUT2D eigenvalue weighted by Gasteiger charge is -2.06. The van der Waals surface area contributed by atoms with Crippen LogP contribution >= 0.6 is 0 Å². The van der Waals surface area contributed by atoms with E-state index >= 15 is 0 Å². The maximum atomic E-state index is 11.8. The molecule has 0 aliphatic carbocycles. The van der Waals surface area contributed by atoms with Crippen LogP contribution in [0.4, 0.5) is 0 Å². The standard InChI is InChI=1S/C20H23NO3/c1-15-5-7-16(8-6-15)3-2-4-19(22)21-14-13-17-9-11-18(12-10-17)20(23)24/h5-12H,2-4,13-14H2,1H3,(H,21,22)(H,23,24). The Hall–Kier alpha value is -2.62. The molecule has 1 amide bonds. The Kier molecular flexibility index (Phi) is 6.55. The zero-order valence-electron chi connectivity index (χ0n) is 13.9. The van der Waals surface area contributed by atoms with Gasteiger partial charge in [-0.1, -0.05) is 42.0 Å². The molecule has 2 aromatic carbocycles. The maximum absolute atomic E-state index is 11.8. The number of nitrogens with one attached hydrogen (secondary N) is 1. The number of hydrogen-bond donors (Lipinski definition) is 2. The lowest BCUT2D eigenvalue weighted by Crippen LogP contribution is -2.25. The second-order valence-corrected chi connectivity index (χ2v) is 5.94. The molecule has 2 rings (SSSR count). The van der Waals surface area contributed by atoms with Gasteiger partial charge in [0.15, 0.2) is 0 Å². The van der Waals surface area contributed by atoms with E-state index in [2.05, 4.69) is 36.5 Å². The van der Waals surface area contributed by atoms with Crippen molar-refractivity contribution in [1.82, 2.24) is 5.32 Å². The van der Waals surface area contributed by atoms with Crippen molar-refractivity contribution in [3.8, 4) is 0 Å². The van der Waals surface area contributed by atoms with Crippen LogP contribution in [0.2, 0.25) is 0 Å². The van der Waals surface area contributed by atoms with Gasteiger partial charge in [-0.2, -0.15) is 0 Å². The fraction of sp³-hybridized carbons (Fsp3) is 0.300. The molecule has 4 heteroatoms. The number of benzene rings is 2. The van der Waals surface area contributed by atoms with Gasteiger partial charge in [-0.15, -0.1) is 0 Å². The van der Waals surface area contributed by atoms with Gasteiger partial charge in [0.25, 0.3) is 0 Å². The number of rotatable bonds is 8. The minimum Gasteiger partial charge on any atom is -0.478 e. The molecule has 0 spiro atoms. The molecule has 0 saturated carbocycles.